The normalized spacial score (nSPS) is 23.2. The third-order valence-corrected chi connectivity index (χ3v) is 7.64. The van der Waals surface area contributed by atoms with Gasteiger partial charge in [-0.25, -0.2) is 9.59 Å². The monoisotopic (exact) mass is 494 g/mol. The van der Waals surface area contributed by atoms with Crippen molar-refractivity contribution in [2.24, 2.45) is 17.8 Å². The molecule has 2 aromatic carbocycles. The van der Waals surface area contributed by atoms with Crippen molar-refractivity contribution in [1.82, 2.24) is 0 Å². The summed E-state index contributed by atoms with van der Waals surface area (Å²) in [6.07, 6.45) is 4.02. The zero-order valence-electron chi connectivity index (χ0n) is 21.3. The zero-order chi connectivity index (χ0) is 25.6. The van der Waals surface area contributed by atoms with Crippen LogP contribution in [0.5, 0.6) is 17.2 Å². The van der Waals surface area contributed by atoms with Gasteiger partial charge in [0.15, 0.2) is 0 Å². The second kappa shape index (κ2) is 9.77. The van der Waals surface area contributed by atoms with E-state index in [1.807, 2.05) is 26.8 Å². The highest BCUT2D eigenvalue weighted by Crippen LogP contribution is 2.47. The molecule has 4 unspecified atom stereocenters. The van der Waals surface area contributed by atoms with Crippen LogP contribution in [-0.4, -0.2) is 30.3 Å². The largest absolute Gasteiger partial charge is 0.495 e. The number of carbonyl (C=O) groups is 2. The summed E-state index contributed by atoms with van der Waals surface area (Å²) >= 11 is 0. The number of carbonyl (C=O) groups excluding carboxylic acids is 2. The number of esters is 2. The van der Waals surface area contributed by atoms with Gasteiger partial charge in [0.05, 0.1) is 13.2 Å². The van der Waals surface area contributed by atoms with Crippen LogP contribution in [0, 0.1) is 24.7 Å². The number of methoxy groups -OCH3 is 1. The maximum Gasteiger partial charge on any atom is 0.346 e. The van der Waals surface area contributed by atoms with E-state index in [0.717, 1.165) is 24.8 Å². The minimum Gasteiger partial charge on any atom is -0.495 e. The number of aliphatic hydroxyl groups excluding tert-OH is 1. The molecule has 0 amide bonds. The third kappa shape index (κ3) is 4.57. The predicted molar refractivity (Wildman–Crippen MR) is 132 cm³/mol. The standard InChI is InChI=1S/C29H34O7/c1-15(2)9-22(30)20-7-8-23-25(27(20)33-4)29(32)34-14-19-10-16(3)11-21(26(19)35-23)28(31)36-24-13-17-5-6-18(24)12-17/h7-8,10-11,15,17-18,22,24,30H,5-6,9,12-14H2,1-4H3. The van der Waals surface area contributed by atoms with Gasteiger partial charge in [0, 0.05) is 11.1 Å². The minimum absolute atomic E-state index is 0.0591. The first-order valence-corrected chi connectivity index (χ1v) is 12.8. The average Bonchev–Trinajstić information content (AvgIpc) is 3.45. The van der Waals surface area contributed by atoms with E-state index in [2.05, 4.69) is 0 Å². The van der Waals surface area contributed by atoms with Gasteiger partial charge in [-0.05, 0) is 86.6 Å². The van der Waals surface area contributed by atoms with Crippen molar-refractivity contribution < 1.29 is 33.6 Å². The van der Waals surface area contributed by atoms with E-state index in [0.29, 0.717) is 40.7 Å². The molecule has 0 radical (unpaired) electrons. The van der Waals surface area contributed by atoms with Gasteiger partial charge < -0.3 is 24.1 Å². The molecule has 7 heteroatoms. The number of aryl methyl sites for hydroxylation is 1. The molecular formula is C29H34O7. The second-order valence-electron chi connectivity index (χ2n) is 10.8. The molecule has 4 atom stereocenters. The van der Waals surface area contributed by atoms with Crippen molar-refractivity contribution in [3.8, 4) is 17.2 Å². The molecule has 2 saturated carbocycles. The number of rotatable bonds is 6. The van der Waals surface area contributed by atoms with Gasteiger partial charge in [0.2, 0.25) is 0 Å². The maximum atomic E-state index is 13.4. The van der Waals surface area contributed by atoms with Gasteiger partial charge >= 0.3 is 11.9 Å². The molecular weight excluding hydrogens is 460 g/mol. The van der Waals surface area contributed by atoms with Gasteiger partial charge in [-0.1, -0.05) is 13.8 Å². The van der Waals surface area contributed by atoms with Crippen molar-refractivity contribution >= 4 is 11.9 Å². The second-order valence-corrected chi connectivity index (χ2v) is 10.8. The number of benzene rings is 2. The molecule has 2 fully saturated rings. The summed E-state index contributed by atoms with van der Waals surface area (Å²) in [4.78, 5) is 26.5. The highest BCUT2D eigenvalue weighted by molar-refractivity contribution is 5.98. The van der Waals surface area contributed by atoms with Crippen LogP contribution in [0.1, 0.15) is 89.5 Å². The van der Waals surface area contributed by atoms with Crippen molar-refractivity contribution in [3.05, 3.63) is 52.1 Å². The van der Waals surface area contributed by atoms with Crippen LogP contribution >= 0.6 is 0 Å². The van der Waals surface area contributed by atoms with Gasteiger partial charge in [-0.15, -0.1) is 0 Å². The van der Waals surface area contributed by atoms with Gasteiger partial charge in [-0.2, -0.15) is 0 Å². The molecule has 36 heavy (non-hydrogen) atoms. The maximum absolute atomic E-state index is 13.4. The van der Waals surface area contributed by atoms with E-state index in [9.17, 15) is 14.7 Å². The number of hydrogen-bond donors (Lipinski definition) is 1. The Morgan fingerprint density at radius 2 is 2.00 bits per heavy atom. The van der Waals surface area contributed by atoms with Crippen LogP contribution in [0.4, 0.5) is 0 Å². The Morgan fingerprint density at radius 3 is 2.67 bits per heavy atom. The summed E-state index contributed by atoms with van der Waals surface area (Å²) in [5.74, 6) is 1.04. The topological polar surface area (TPSA) is 91.3 Å². The van der Waals surface area contributed by atoms with Crippen molar-refractivity contribution in [2.45, 2.75) is 71.7 Å². The molecule has 5 rings (SSSR count). The number of hydrogen-bond acceptors (Lipinski definition) is 7. The number of ether oxygens (including phenoxy) is 4. The summed E-state index contributed by atoms with van der Waals surface area (Å²) in [6.45, 7) is 5.84. The number of aliphatic hydroxyl groups is 1. The molecule has 0 aromatic heterocycles. The van der Waals surface area contributed by atoms with Crippen LogP contribution in [0.15, 0.2) is 24.3 Å². The van der Waals surface area contributed by atoms with Crippen LogP contribution in [0.25, 0.3) is 0 Å². The molecule has 1 N–H and O–H groups in total. The van der Waals surface area contributed by atoms with Gasteiger partial charge in [0.1, 0.15) is 41.1 Å². The van der Waals surface area contributed by atoms with E-state index in [1.165, 1.54) is 13.5 Å². The molecule has 1 heterocycles. The number of fused-ring (bicyclic) bond motifs is 4. The molecule has 0 spiro atoms. The van der Waals surface area contributed by atoms with Crippen molar-refractivity contribution in [2.75, 3.05) is 7.11 Å². The average molecular weight is 495 g/mol. The summed E-state index contributed by atoms with van der Waals surface area (Å²) in [6, 6.07) is 6.92. The Morgan fingerprint density at radius 1 is 1.19 bits per heavy atom. The van der Waals surface area contributed by atoms with E-state index >= 15 is 0 Å². The Hall–Kier alpha value is -3.06. The van der Waals surface area contributed by atoms with Crippen molar-refractivity contribution in [3.63, 3.8) is 0 Å². The van der Waals surface area contributed by atoms with E-state index in [1.54, 1.807) is 18.2 Å². The first kappa shape index (κ1) is 24.6. The smallest absolute Gasteiger partial charge is 0.346 e. The first-order chi connectivity index (χ1) is 17.2. The lowest BCUT2D eigenvalue weighted by Crippen LogP contribution is -2.24. The van der Waals surface area contributed by atoms with Crippen molar-refractivity contribution in [1.29, 1.82) is 0 Å². The highest BCUT2D eigenvalue weighted by atomic mass is 16.6. The summed E-state index contributed by atoms with van der Waals surface area (Å²) < 4.78 is 23.5. The van der Waals surface area contributed by atoms with E-state index in [4.69, 9.17) is 18.9 Å². The minimum atomic E-state index is -0.814. The van der Waals surface area contributed by atoms with E-state index in [-0.39, 0.29) is 35.7 Å². The van der Waals surface area contributed by atoms with Gasteiger partial charge in [0.25, 0.3) is 0 Å². The molecule has 7 nitrogen and oxygen atoms in total. The van der Waals surface area contributed by atoms with Crippen LogP contribution in [-0.2, 0) is 16.1 Å². The molecule has 1 aliphatic heterocycles. The number of cyclic esters (lactones) is 1. The Balaban J connectivity index is 1.52. The third-order valence-electron chi connectivity index (χ3n) is 7.64. The molecule has 2 aliphatic carbocycles. The summed E-state index contributed by atoms with van der Waals surface area (Å²) in [5.41, 5.74) is 2.35. The summed E-state index contributed by atoms with van der Waals surface area (Å²) in [7, 11) is 1.45. The Bertz CT molecular complexity index is 1180. The lowest BCUT2D eigenvalue weighted by atomic mass is 9.96. The fourth-order valence-corrected chi connectivity index (χ4v) is 6.00. The fraction of sp³-hybridized carbons (Fsp3) is 0.517. The lowest BCUT2D eigenvalue weighted by molar-refractivity contribution is 0.0155. The predicted octanol–water partition coefficient (Wildman–Crippen LogP) is 5.89. The molecule has 2 bridgehead atoms. The van der Waals surface area contributed by atoms with Crippen LogP contribution in [0.3, 0.4) is 0 Å². The molecule has 0 saturated heterocycles. The Labute approximate surface area is 211 Å². The lowest BCUT2D eigenvalue weighted by Gasteiger charge is -2.25. The fourth-order valence-electron chi connectivity index (χ4n) is 6.00. The highest BCUT2D eigenvalue weighted by Gasteiger charge is 2.42. The quantitative estimate of drug-likeness (QED) is 0.501. The van der Waals surface area contributed by atoms with Crippen LogP contribution < -0.4 is 9.47 Å². The van der Waals surface area contributed by atoms with Gasteiger partial charge in [-0.3, -0.25) is 0 Å². The van der Waals surface area contributed by atoms with Crippen LogP contribution in [0.2, 0.25) is 0 Å². The van der Waals surface area contributed by atoms with E-state index < -0.39 is 18.0 Å². The Kier molecular flexibility index (Phi) is 6.68. The molecule has 2 aromatic rings. The summed E-state index contributed by atoms with van der Waals surface area (Å²) in [5, 5.41) is 10.8. The molecule has 192 valence electrons. The molecule has 3 aliphatic rings. The first-order valence-electron chi connectivity index (χ1n) is 12.8. The zero-order valence-corrected chi connectivity index (χ0v) is 21.3. The SMILES string of the molecule is COc1c(C(O)CC(C)C)ccc2c1C(=O)OCc1cc(C)cc(C(=O)OC3CC4CCC3C4)c1O2.